The van der Waals surface area contributed by atoms with Crippen molar-refractivity contribution in [3.8, 4) is 0 Å². The summed E-state index contributed by atoms with van der Waals surface area (Å²) in [6.45, 7) is 1.56. The van der Waals surface area contributed by atoms with Gasteiger partial charge in [-0.05, 0) is 17.7 Å². The molecule has 2 atom stereocenters. The summed E-state index contributed by atoms with van der Waals surface area (Å²) < 4.78 is 5.80. The predicted molar refractivity (Wildman–Crippen MR) is 89.2 cm³/mol. The Bertz CT molecular complexity index is 723. The number of nitrogens with zero attached hydrogens (tertiary/aromatic N) is 2. The Kier molecular flexibility index (Phi) is 4.14. The van der Waals surface area contributed by atoms with Crippen molar-refractivity contribution >= 4 is 17.6 Å². The second kappa shape index (κ2) is 6.43. The summed E-state index contributed by atoms with van der Waals surface area (Å²) in [6, 6.07) is 17.1. The van der Waals surface area contributed by atoms with E-state index in [1.165, 1.54) is 5.06 Å². The number of hydrogen-bond donors (Lipinski definition) is 0. The third kappa shape index (κ3) is 3.11. The average molecular weight is 345 g/mol. The van der Waals surface area contributed by atoms with Gasteiger partial charge in [-0.2, -0.15) is 5.06 Å². The first-order valence-electron chi connectivity index (χ1n) is 7.89. The molecule has 124 valence electrons. The van der Waals surface area contributed by atoms with Gasteiger partial charge < -0.3 is 9.64 Å². The summed E-state index contributed by atoms with van der Waals surface area (Å²) in [4.78, 5) is 19.9. The van der Waals surface area contributed by atoms with Crippen molar-refractivity contribution < 1.29 is 14.4 Å². The van der Waals surface area contributed by atoms with Crippen LogP contribution >= 0.6 is 11.6 Å². The Morgan fingerprint density at radius 3 is 2.54 bits per heavy atom. The van der Waals surface area contributed by atoms with Crippen LogP contribution in [0.4, 0.5) is 4.79 Å². The molecule has 2 aromatic rings. The van der Waals surface area contributed by atoms with Crippen LogP contribution in [0.2, 0.25) is 5.02 Å². The Morgan fingerprint density at radius 1 is 1.04 bits per heavy atom. The molecule has 4 rings (SSSR count). The van der Waals surface area contributed by atoms with Crippen molar-refractivity contribution in [3.05, 3.63) is 70.7 Å². The number of urea groups is 1. The number of carbonyl (C=O) groups excluding carboxylic acids is 1. The van der Waals surface area contributed by atoms with Crippen LogP contribution in [0.1, 0.15) is 23.5 Å². The number of ether oxygens (including phenoxy) is 1. The van der Waals surface area contributed by atoms with Crippen molar-refractivity contribution in [2.75, 3.05) is 19.7 Å². The quantitative estimate of drug-likeness (QED) is 0.779. The molecule has 0 saturated carbocycles. The first-order valence-corrected chi connectivity index (χ1v) is 8.27. The number of benzene rings is 2. The molecule has 2 heterocycles. The second-order valence-electron chi connectivity index (χ2n) is 5.83. The molecule has 2 saturated heterocycles. The first kappa shape index (κ1) is 15.4. The van der Waals surface area contributed by atoms with E-state index < -0.39 is 0 Å². The van der Waals surface area contributed by atoms with Crippen molar-refractivity contribution in [2.24, 2.45) is 0 Å². The fraction of sp³-hybridized carbons (Fsp3) is 0.278. The molecule has 0 spiro atoms. The normalized spacial score (nSPS) is 23.2. The number of hydrogen-bond acceptors (Lipinski definition) is 3. The van der Waals surface area contributed by atoms with E-state index in [9.17, 15) is 4.79 Å². The largest absolute Gasteiger partial charge is 0.370 e. The van der Waals surface area contributed by atoms with E-state index in [0.717, 1.165) is 11.1 Å². The molecule has 0 bridgehead atoms. The Labute approximate surface area is 145 Å². The van der Waals surface area contributed by atoms with Crippen molar-refractivity contribution in [1.82, 2.24) is 9.96 Å². The fourth-order valence-corrected chi connectivity index (χ4v) is 3.01. The predicted octanol–water partition coefficient (Wildman–Crippen LogP) is 3.78. The van der Waals surface area contributed by atoms with Gasteiger partial charge in [0.05, 0.1) is 13.2 Å². The van der Waals surface area contributed by atoms with E-state index in [1.807, 2.05) is 54.6 Å². The molecule has 0 radical (unpaired) electrons. The minimum absolute atomic E-state index is 0.119. The zero-order chi connectivity index (χ0) is 16.5. The Morgan fingerprint density at radius 2 is 1.79 bits per heavy atom. The molecule has 0 aliphatic carbocycles. The minimum Gasteiger partial charge on any atom is -0.370 e. The molecule has 2 aliphatic heterocycles. The van der Waals surface area contributed by atoms with E-state index in [2.05, 4.69) is 0 Å². The highest BCUT2D eigenvalue weighted by molar-refractivity contribution is 6.30. The van der Waals surface area contributed by atoms with Crippen LogP contribution < -0.4 is 0 Å². The molecule has 2 aromatic carbocycles. The molecule has 6 heteroatoms. The molecule has 0 N–H and O–H groups in total. The third-order valence-corrected chi connectivity index (χ3v) is 4.48. The molecule has 2 fully saturated rings. The Hall–Kier alpha value is -2.08. The molecule has 2 amide bonds. The van der Waals surface area contributed by atoms with E-state index in [0.29, 0.717) is 24.7 Å². The lowest BCUT2D eigenvalue weighted by Crippen LogP contribution is -2.44. The number of halogens is 1. The highest BCUT2D eigenvalue weighted by Gasteiger charge is 2.45. The summed E-state index contributed by atoms with van der Waals surface area (Å²) >= 11 is 5.93. The van der Waals surface area contributed by atoms with E-state index >= 15 is 0 Å². The maximum absolute atomic E-state index is 12.6. The maximum Gasteiger partial charge on any atom is 0.347 e. The van der Waals surface area contributed by atoms with E-state index in [1.54, 1.807) is 4.90 Å². The van der Waals surface area contributed by atoms with Crippen LogP contribution in [0.15, 0.2) is 54.6 Å². The van der Waals surface area contributed by atoms with Gasteiger partial charge in [0.2, 0.25) is 6.23 Å². The van der Waals surface area contributed by atoms with Crippen LogP contribution in [0.5, 0.6) is 0 Å². The van der Waals surface area contributed by atoms with Gasteiger partial charge in [-0.1, -0.05) is 54.1 Å². The second-order valence-corrected chi connectivity index (χ2v) is 6.27. The zero-order valence-corrected chi connectivity index (χ0v) is 13.7. The lowest BCUT2D eigenvalue weighted by Gasteiger charge is -2.32. The van der Waals surface area contributed by atoms with Gasteiger partial charge in [-0.15, -0.1) is 0 Å². The Balaban J connectivity index is 1.41. The van der Waals surface area contributed by atoms with Gasteiger partial charge in [-0.3, -0.25) is 0 Å². The number of morpholine rings is 1. The van der Waals surface area contributed by atoms with Crippen LogP contribution in [0.25, 0.3) is 0 Å². The van der Waals surface area contributed by atoms with Crippen molar-refractivity contribution in [1.29, 1.82) is 0 Å². The fourth-order valence-electron chi connectivity index (χ4n) is 2.88. The third-order valence-electron chi connectivity index (χ3n) is 4.23. The van der Waals surface area contributed by atoms with Crippen molar-refractivity contribution in [2.45, 2.75) is 12.3 Å². The van der Waals surface area contributed by atoms with E-state index in [-0.39, 0.29) is 18.4 Å². The standard InChI is InChI=1S/C18H17ClN2O3/c19-15-8-6-13(7-9-15)16-12-20(10-11-23-16)18(22)21-17(24-21)14-4-2-1-3-5-14/h1-9,16-17H,10-12H2. The SMILES string of the molecule is O=C(N1CCOC(c2ccc(Cl)cc2)C1)N1OC1c1ccccc1. The summed E-state index contributed by atoms with van der Waals surface area (Å²) in [5.74, 6) is 0. The summed E-state index contributed by atoms with van der Waals surface area (Å²) in [6.07, 6.45) is -0.425. The molecular weight excluding hydrogens is 328 g/mol. The number of hydroxylamine groups is 2. The molecular formula is C18H17ClN2O3. The highest BCUT2D eigenvalue weighted by Crippen LogP contribution is 2.38. The van der Waals surface area contributed by atoms with E-state index in [4.69, 9.17) is 21.2 Å². The number of amides is 2. The molecule has 5 nitrogen and oxygen atoms in total. The van der Waals surface area contributed by atoms with Gasteiger partial charge >= 0.3 is 6.03 Å². The maximum atomic E-state index is 12.6. The molecule has 24 heavy (non-hydrogen) atoms. The average Bonchev–Trinajstić information content (AvgIpc) is 3.43. The molecule has 2 aliphatic rings. The lowest BCUT2D eigenvalue weighted by atomic mass is 10.1. The monoisotopic (exact) mass is 344 g/mol. The van der Waals surface area contributed by atoms with Crippen LogP contribution in [-0.4, -0.2) is 35.7 Å². The minimum atomic E-state index is -0.282. The van der Waals surface area contributed by atoms with Crippen LogP contribution in [-0.2, 0) is 9.57 Å². The molecule has 2 unspecified atom stereocenters. The summed E-state index contributed by atoms with van der Waals surface area (Å²) in [7, 11) is 0. The molecule has 0 aromatic heterocycles. The first-order chi connectivity index (χ1) is 11.7. The summed E-state index contributed by atoms with van der Waals surface area (Å²) in [5.41, 5.74) is 2.00. The van der Waals surface area contributed by atoms with Gasteiger partial charge in [0.15, 0.2) is 0 Å². The highest BCUT2D eigenvalue weighted by atomic mass is 35.5. The lowest BCUT2D eigenvalue weighted by molar-refractivity contribution is -0.0212. The van der Waals surface area contributed by atoms with Gasteiger partial charge in [-0.25, -0.2) is 9.63 Å². The van der Waals surface area contributed by atoms with Gasteiger partial charge in [0.25, 0.3) is 0 Å². The number of carbonyl (C=O) groups is 1. The number of rotatable bonds is 2. The van der Waals surface area contributed by atoms with Crippen molar-refractivity contribution in [3.63, 3.8) is 0 Å². The van der Waals surface area contributed by atoms with Gasteiger partial charge in [0.1, 0.15) is 6.10 Å². The topological polar surface area (TPSA) is 45.1 Å². The van der Waals surface area contributed by atoms with Gasteiger partial charge in [0, 0.05) is 17.1 Å². The van der Waals surface area contributed by atoms with Crippen LogP contribution in [0, 0.1) is 0 Å². The summed E-state index contributed by atoms with van der Waals surface area (Å²) in [5, 5.41) is 2.10. The zero-order valence-electron chi connectivity index (χ0n) is 13.0. The smallest absolute Gasteiger partial charge is 0.347 e. The van der Waals surface area contributed by atoms with Crippen LogP contribution in [0.3, 0.4) is 0 Å².